The van der Waals surface area contributed by atoms with Crippen LogP contribution in [0, 0.1) is 0 Å². The van der Waals surface area contributed by atoms with E-state index >= 15 is 0 Å². The van der Waals surface area contributed by atoms with Crippen molar-refractivity contribution in [2.75, 3.05) is 6.54 Å². The topological polar surface area (TPSA) is 57.6 Å². The van der Waals surface area contributed by atoms with Crippen molar-refractivity contribution in [3.8, 4) is 0 Å². The Kier molecular flexibility index (Phi) is 3.47. The second-order valence-electron chi connectivity index (χ2n) is 5.75. The molecule has 2 atom stereocenters. The lowest BCUT2D eigenvalue weighted by molar-refractivity contribution is -0.128. The molecule has 4 heteroatoms. The zero-order chi connectivity index (χ0) is 14.1. The van der Waals surface area contributed by atoms with Crippen LogP contribution >= 0.6 is 0 Å². The fourth-order valence-electron chi connectivity index (χ4n) is 3.55. The van der Waals surface area contributed by atoms with Crippen LogP contribution in [0.25, 0.3) is 0 Å². The predicted molar refractivity (Wildman–Crippen MR) is 74.7 cm³/mol. The van der Waals surface area contributed by atoms with E-state index in [1.165, 1.54) is 6.42 Å². The molecule has 2 saturated heterocycles. The van der Waals surface area contributed by atoms with Gasteiger partial charge in [-0.05, 0) is 30.5 Å². The maximum Gasteiger partial charge on any atom is 0.335 e. The third-order valence-electron chi connectivity index (χ3n) is 4.54. The van der Waals surface area contributed by atoms with Crippen LogP contribution < -0.4 is 0 Å². The number of hydrogen-bond acceptors (Lipinski definition) is 2. The van der Waals surface area contributed by atoms with Gasteiger partial charge in [0.05, 0.1) is 5.56 Å². The number of nitrogens with zero attached hydrogens (tertiary/aromatic N) is 1. The average Bonchev–Trinajstić information content (AvgIpc) is 2.65. The van der Waals surface area contributed by atoms with E-state index in [0.717, 1.165) is 31.4 Å². The lowest BCUT2D eigenvalue weighted by Crippen LogP contribution is -2.34. The fraction of sp³-hybridized carbons (Fsp3) is 0.500. The number of carboxylic acid groups (broad SMARTS) is 1. The molecule has 2 fully saturated rings. The van der Waals surface area contributed by atoms with Gasteiger partial charge in [-0.25, -0.2) is 4.79 Å². The molecule has 1 N–H and O–H groups in total. The molecule has 0 aromatic heterocycles. The Morgan fingerprint density at radius 3 is 2.90 bits per heavy atom. The number of fused-ring (bicyclic) bond motifs is 1. The SMILES string of the molecule is O=C(O)c1cccc(C2CC(=O)N3CCCCCC23)c1. The first kappa shape index (κ1) is 13.2. The first-order chi connectivity index (χ1) is 9.66. The highest BCUT2D eigenvalue weighted by atomic mass is 16.4. The molecule has 4 nitrogen and oxygen atoms in total. The highest BCUT2D eigenvalue weighted by molar-refractivity contribution is 5.88. The molecule has 0 bridgehead atoms. The van der Waals surface area contributed by atoms with Gasteiger partial charge in [0, 0.05) is 24.9 Å². The summed E-state index contributed by atoms with van der Waals surface area (Å²) < 4.78 is 0. The van der Waals surface area contributed by atoms with E-state index in [9.17, 15) is 9.59 Å². The smallest absolute Gasteiger partial charge is 0.335 e. The molecule has 106 valence electrons. The summed E-state index contributed by atoms with van der Waals surface area (Å²) in [7, 11) is 0. The summed E-state index contributed by atoms with van der Waals surface area (Å²) in [6, 6.07) is 7.33. The van der Waals surface area contributed by atoms with Gasteiger partial charge in [0.1, 0.15) is 0 Å². The van der Waals surface area contributed by atoms with E-state index in [1.54, 1.807) is 18.2 Å². The van der Waals surface area contributed by atoms with E-state index < -0.39 is 5.97 Å². The van der Waals surface area contributed by atoms with Crippen LogP contribution in [-0.4, -0.2) is 34.5 Å². The summed E-state index contributed by atoms with van der Waals surface area (Å²) in [6.45, 7) is 0.860. The number of hydrogen-bond donors (Lipinski definition) is 1. The Labute approximate surface area is 118 Å². The monoisotopic (exact) mass is 273 g/mol. The van der Waals surface area contributed by atoms with E-state index in [2.05, 4.69) is 0 Å². The lowest BCUT2D eigenvalue weighted by atomic mass is 9.88. The first-order valence-electron chi connectivity index (χ1n) is 7.29. The molecule has 2 aliphatic rings. The number of benzene rings is 1. The minimum absolute atomic E-state index is 0.153. The van der Waals surface area contributed by atoms with Crippen molar-refractivity contribution in [1.82, 2.24) is 4.90 Å². The molecule has 2 unspecified atom stereocenters. The van der Waals surface area contributed by atoms with Gasteiger partial charge in [0.15, 0.2) is 0 Å². The zero-order valence-corrected chi connectivity index (χ0v) is 11.4. The minimum Gasteiger partial charge on any atom is -0.478 e. The van der Waals surface area contributed by atoms with Crippen LogP contribution in [0.15, 0.2) is 24.3 Å². The summed E-state index contributed by atoms with van der Waals surface area (Å²) in [4.78, 5) is 25.3. The second-order valence-corrected chi connectivity index (χ2v) is 5.75. The van der Waals surface area contributed by atoms with Gasteiger partial charge in [0.2, 0.25) is 5.91 Å². The largest absolute Gasteiger partial charge is 0.478 e. The van der Waals surface area contributed by atoms with Crippen LogP contribution in [0.3, 0.4) is 0 Å². The molecule has 3 rings (SSSR count). The minimum atomic E-state index is -0.908. The molecule has 20 heavy (non-hydrogen) atoms. The standard InChI is InChI=1S/C16H19NO3/c18-15-10-13(14-7-2-1-3-8-17(14)15)11-5-4-6-12(9-11)16(19)20/h4-6,9,13-14H,1-3,7-8,10H2,(H,19,20). The summed E-state index contributed by atoms with van der Waals surface area (Å²) in [5.74, 6) is -0.531. The van der Waals surface area contributed by atoms with Gasteiger partial charge in [-0.1, -0.05) is 25.0 Å². The first-order valence-corrected chi connectivity index (χ1v) is 7.29. The quantitative estimate of drug-likeness (QED) is 0.901. The Hall–Kier alpha value is -1.84. The number of carboxylic acids is 1. The number of aromatic carboxylic acids is 1. The third-order valence-corrected chi connectivity index (χ3v) is 4.54. The number of carbonyl (C=O) groups is 2. The van der Waals surface area contributed by atoms with Gasteiger partial charge in [-0.15, -0.1) is 0 Å². The van der Waals surface area contributed by atoms with Crippen molar-refractivity contribution in [2.45, 2.75) is 44.1 Å². The Morgan fingerprint density at radius 2 is 2.10 bits per heavy atom. The lowest BCUT2D eigenvalue weighted by Gasteiger charge is -2.26. The number of rotatable bonds is 2. The van der Waals surface area contributed by atoms with Gasteiger partial charge >= 0.3 is 5.97 Å². The van der Waals surface area contributed by atoms with Crippen molar-refractivity contribution < 1.29 is 14.7 Å². The molecular weight excluding hydrogens is 254 g/mol. The average molecular weight is 273 g/mol. The molecule has 0 radical (unpaired) electrons. The molecule has 2 heterocycles. The van der Waals surface area contributed by atoms with Gasteiger partial charge in [-0.2, -0.15) is 0 Å². The van der Waals surface area contributed by atoms with Gasteiger partial charge in [-0.3, -0.25) is 4.79 Å². The van der Waals surface area contributed by atoms with Crippen LogP contribution in [0.5, 0.6) is 0 Å². The maximum atomic E-state index is 12.2. The van der Waals surface area contributed by atoms with Gasteiger partial charge < -0.3 is 10.0 Å². The molecule has 0 aliphatic carbocycles. The third kappa shape index (κ3) is 2.30. The van der Waals surface area contributed by atoms with Crippen molar-refractivity contribution in [1.29, 1.82) is 0 Å². The normalized spacial score (nSPS) is 26.2. The molecular formula is C16H19NO3. The molecule has 0 saturated carbocycles. The molecule has 0 spiro atoms. The van der Waals surface area contributed by atoms with Crippen molar-refractivity contribution in [3.05, 3.63) is 35.4 Å². The highest BCUT2D eigenvalue weighted by Crippen LogP contribution is 2.38. The van der Waals surface area contributed by atoms with Crippen LogP contribution in [0.1, 0.15) is 53.9 Å². The van der Waals surface area contributed by atoms with E-state index in [4.69, 9.17) is 5.11 Å². The molecule has 1 amide bonds. The zero-order valence-electron chi connectivity index (χ0n) is 11.4. The van der Waals surface area contributed by atoms with Crippen molar-refractivity contribution >= 4 is 11.9 Å². The Bertz CT molecular complexity index is 540. The molecule has 1 aromatic carbocycles. The van der Waals surface area contributed by atoms with Crippen molar-refractivity contribution in [3.63, 3.8) is 0 Å². The molecule has 2 aliphatic heterocycles. The summed E-state index contributed by atoms with van der Waals surface area (Å²) >= 11 is 0. The van der Waals surface area contributed by atoms with Gasteiger partial charge in [0.25, 0.3) is 0 Å². The summed E-state index contributed by atoms with van der Waals surface area (Å²) in [5.41, 5.74) is 1.30. The Balaban J connectivity index is 1.91. The predicted octanol–water partition coefficient (Wildman–Crippen LogP) is 2.64. The Morgan fingerprint density at radius 1 is 1.25 bits per heavy atom. The summed E-state index contributed by atoms with van der Waals surface area (Å²) in [6.07, 6.45) is 4.98. The van der Waals surface area contributed by atoms with Crippen molar-refractivity contribution in [2.24, 2.45) is 0 Å². The summed E-state index contributed by atoms with van der Waals surface area (Å²) in [5, 5.41) is 9.10. The highest BCUT2D eigenvalue weighted by Gasteiger charge is 2.40. The van der Waals surface area contributed by atoms with E-state index in [-0.39, 0.29) is 17.9 Å². The van der Waals surface area contributed by atoms with Crippen LogP contribution in [-0.2, 0) is 4.79 Å². The van der Waals surface area contributed by atoms with E-state index in [0.29, 0.717) is 12.0 Å². The maximum absolute atomic E-state index is 12.2. The number of carbonyl (C=O) groups excluding carboxylic acids is 1. The van der Waals surface area contributed by atoms with Crippen LogP contribution in [0.4, 0.5) is 0 Å². The van der Waals surface area contributed by atoms with E-state index in [1.807, 2.05) is 11.0 Å². The second kappa shape index (κ2) is 5.27. The van der Waals surface area contributed by atoms with Crippen LogP contribution in [0.2, 0.25) is 0 Å². The fourth-order valence-corrected chi connectivity index (χ4v) is 3.55. The molecule has 1 aromatic rings. The number of amides is 1.